The summed E-state index contributed by atoms with van der Waals surface area (Å²) >= 11 is 0. The smallest absolute Gasteiger partial charge is 0.249 e. The van der Waals surface area contributed by atoms with Crippen molar-refractivity contribution in [3.63, 3.8) is 0 Å². The molecule has 9 nitrogen and oxygen atoms in total. The van der Waals surface area contributed by atoms with Crippen LogP contribution in [0, 0.1) is 0 Å². The van der Waals surface area contributed by atoms with Crippen molar-refractivity contribution in [2.24, 2.45) is 0 Å². The molecule has 1 N–H and O–H groups in total. The van der Waals surface area contributed by atoms with E-state index in [0.29, 0.717) is 36.6 Å². The molecule has 0 bridgehead atoms. The maximum absolute atomic E-state index is 5.60. The molecule has 0 saturated carbocycles. The number of nitrogens with one attached hydrogen (secondary N) is 1. The van der Waals surface area contributed by atoms with E-state index in [1.54, 1.807) is 31.8 Å². The number of nitrogens with zero attached hydrogens (tertiary/aromatic N) is 6. The average molecular weight is 367 g/mol. The van der Waals surface area contributed by atoms with Crippen LogP contribution in [0.4, 0.5) is 11.8 Å². The third-order valence-corrected chi connectivity index (χ3v) is 4.44. The van der Waals surface area contributed by atoms with E-state index in [2.05, 4.69) is 35.3 Å². The number of pyridine rings is 1. The van der Waals surface area contributed by atoms with Crippen LogP contribution < -0.4 is 10.2 Å². The first-order valence-electron chi connectivity index (χ1n) is 8.92. The first-order chi connectivity index (χ1) is 13.4. The summed E-state index contributed by atoms with van der Waals surface area (Å²) in [5.41, 5.74) is 0.795. The normalized spacial score (nSPS) is 16.6. The van der Waals surface area contributed by atoms with Gasteiger partial charge in [0.15, 0.2) is 0 Å². The fraction of sp³-hybridized carbons (Fsp3) is 0.389. The van der Waals surface area contributed by atoms with E-state index < -0.39 is 0 Å². The number of aromatic nitrogens is 5. The van der Waals surface area contributed by atoms with E-state index in [1.807, 2.05) is 12.1 Å². The summed E-state index contributed by atoms with van der Waals surface area (Å²) in [6.45, 7) is 2.09. The standard InChI is InChI=1S/C18H21N7O2/c1-26-12-10-20-15-13(5-2-7-19-15)16-23-17(27-24-16)14-6-3-11-25(14)18-21-8-4-9-22-18/h2,4-5,7-9,14H,3,6,10-12H2,1H3,(H,19,20)/t14-/m1/s1. The van der Waals surface area contributed by atoms with Crippen LogP contribution >= 0.6 is 0 Å². The number of anilines is 2. The first-order valence-corrected chi connectivity index (χ1v) is 8.92. The molecule has 0 spiro atoms. The molecule has 3 aromatic heterocycles. The molecular formula is C18H21N7O2. The molecule has 0 unspecified atom stereocenters. The molecule has 4 rings (SSSR count). The van der Waals surface area contributed by atoms with Crippen LogP contribution in [0.3, 0.4) is 0 Å². The van der Waals surface area contributed by atoms with Crippen LogP contribution in [-0.2, 0) is 4.74 Å². The molecule has 4 heterocycles. The number of hydrogen-bond acceptors (Lipinski definition) is 9. The second-order valence-electron chi connectivity index (χ2n) is 6.18. The summed E-state index contributed by atoms with van der Waals surface area (Å²) in [7, 11) is 1.66. The molecule has 140 valence electrons. The molecule has 1 fully saturated rings. The van der Waals surface area contributed by atoms with Crippen molar-refractivity contribution < 1.29 is 9.26 Å². The highest BCUT2D eigenvalue weighted by Gasteiger charge is 2.32. The lowest BCUT2D eigenvalue weighted by Crippen LogP contribution is -2.24. The predicted molar refractivity (Wildman–Crippen MR) is 99.2 cm³/mol. The molecule has 3 aromatic rings. The zero-order chi connectivity index (χ0) is 18.5. The Morgan fingerprint density at radius 2 is 2.07 bits per heavy atom. The quantitative estimate of drug-likeness (QED) is 0.630. The van der Waals surface area contributed by atoms with Gasteiger partial charge < -0.3 is 19.5 Å². The molecular weight excluding hydrogens is 346 g/mol. The summed E-state index contributed by atoms with van der Waals surface area (Å²) in [5.74, 6) is 2.47. The monoisotopic (exact) mass is 367 g/mol. The Morgan fingerprint density at radius 1 is 1.22 bits per heavy atom. The minimum Gasteiger partial charge on any atom is -0.383 e. The Morgan fingerprint density at radius 3 is 2.93 bits per heavy atom. The fourth-order valence-electron chi connectivity index (χ4n) is 3.18. The van der Waals surface area contributed by atoms with Crippen LogP contribution in [0.2, 0.25) is 0 Å². The summed E-state index contributed by atoms with van der Waals surface area (Å²) in [6.07, 6.45) is 7.16. The third kappa shape index (κ3) is 3.72. The molecule has 0 aliphatic carbocycles. The van der Waals surface area contributed by atoms with Crippen LogP contribution in [0.1, 0.15) is 24.8 Å². The van der Waals surface area contributed by atoms with Gasteiger partial charge in [-0.25, -0.2) is 15.0 Å². The highest BCUT2D eigenvalue weighted by molar-refractivity contribution is 5.69. The van der Waals surface area contributed by atoms with Gasteiger partial charge in [-0.1, -0.05) is 5.16 Å². The SMILES string of the molecule is COCCNc1ncccc1-c1noc([C@H]2CCCN2c2ncccn2)n1. The van der Waals surface area contributed by atoms with Gasteiger partial charge in [0.05, 0.1) is 12.2 Å². The highest BCUT2D eigenvalue weighted by atomic mass is 16.5. The van der Waals surface area contributed by atoms with E-state index in [1.165, 1.54) is 0 Å². The highest BCUT2D eigenvalue weighted by Crippen LogP contribution is 2.34. The Balaban J connectivity index is 1.57. The van der Waals surface area contributed by atoms with Crippen LogP contribution in [-0.4, -0.2) is 51.9 Å². The average Bonchev–Trinajstić information content (AvgIpc) is 3.39. The minimum absolute atomic E-state index is 0.0183. The summed E-state index contributed by atoms with van der Waals surface area (Å²) in [5, 5.41) is 7.42. The van der Waals surface area contributed by atoms with Crippen LogP contribution in [0.15, 0.2) is 41.3 Å². The number of hydrogen-bond donors (Lipinski definition) is 1. The Kier molecular flexibility index (Phi) is 5.20. The number of methoxy groups -OCH3 is 1. The van der Waals surface area contributed by atoms with Gasteiger partial charge >= 0.3 is 0 Å². The van der Waals surface area contributed by atoms with Gasteiger partial charge in [0, 0.05) is 38.8 Å². The molecule has 1 aliphatic heterocycles. The maximum atomic E-state index is 5.60. The minimum atomic E-state index is -0.0183. The van der Waals surface area contributed by atoms with Crippen LogP contribution in [0.5, 0.6) is 0 Å². The van der Waals surface area contributed by atoms with Gasteiger partial charge in [-0.2, -0.15) is 4.98 Å². The maximum Gasteiger partial charge on any atom is 0.249 e. The van der Waals surface area contributed by atoms with Gasteiger partial charge in [0.2, 0.25) is 17.7 Å². The molecule has 1 saturated heterocycles. The van der Waals surface area contributed by atoms with E-state index in [0.717, 1.165) is 24.9 Å². The lowest BCUT2D eigenvalue weighted by Gasteiger charge is -2.21. The van der Waals surface area contributed by atoms with Crippen molar-refractivity contribution >= 4 is 11.8 Å². The fourth-order valence-corrected chi connectivity index (χ4v) is 3.18. The number of rotatable bonds is 7. The van der Waals surface area contributed by atoms with Crippen molar-refractivity contribution in [1.29, 1.82) is 0 Å². The summed E-state index contributed by atoms with van der Waals surface area (Å²) in [6, 6.07) is 5.56. The lowest BCUT2D eigenvalue weighted by atomic mass is 10.2. The Hall–Kier alpha value is -3.07. The second-order valence-corrected chi connectivity index (χ2v) is 6.18. The summed E-state index contributed by atoms with van der Waals surface area (Å²) in [4.78, 5) is 19.8. The van der Waals surface area contributed by atoms with Gasteiger partial charge in [0.25, 0.3) is 0 Å². The van der Waals surface area contributed by atoms with Gasteiger partial charge in [-0.3, -0.25) is 0 Å². The van der Waals surface area contributed by atoms with Crippen molar-refractivity contribution in [1.82, 2.24) is 25.1 Å². The van der Waals surface area contributed by atoms with Crippen molar-refractivity contribution in [2.45, 2.75) is 18.9 Å². The lowest BCUT2D eigenvalue weighted by molar-refractivity contribution is 0.210. The van der Waals surface area contributed by atoms with E-state index in [-0.39, 0.29) is 6.04 Å². The second kappa shape index (κ2) is 8.09. The largest absolute Gasteiger partial charge is 0.383 e. The van der Waals surface area contributed by atoms with Gasteiger partial charge in [-0.05, 0) is 31.0 Å². The predicted octanol–water partition coefficient (Wildman–Crippen LogP) is 2.32. The Labute approximate surface area is 156 Å². The molecule has 1 atom stereocenters. The van der Waals surface area contributed by atoms with Gasteiger partial charge in [0.1, 0.15) is 11.9 Å². The third-order valence-electron chi connectivity index (χ3n) is 4.44. The van der Waals surface area contributed by atoms with Gasteiger partial charge in [-0.15, -0.1) is 0 Å². The molecule has 1 aliphatic rings. The number of ether oxygens (including phenoxy) is 1. The topological polar surface area (TPSA) is 102 Å². The van der Waals surface area contributed by atoms with E-state index in [4.69, 9.17) is 9.26 Å². The first kappa shape index (κ1) is 17.3. The molecule has 0 radical (unpaired) electrons. The van der Waals surface area contributed by atoms with E-state index >= 15 is 0 Å². The summed E-state index contributed by atoms with van der Waals surface area (Å²) < 4.78 is 10.7. The zero-order valence-corrected chi connectivity index (χ0v) is 15.1. The van der Waals surface area contributed by atoms with E-state index in [9.17, 15) is 0 Å². The molecule has 27 heavy (non-hydrogen) atoms. The zero-order valence-electron chi connectivity index (χ0n) is 15.1. The molecule has 0 aromatic carbocycles. The van der Waals surface area contributed by atoms with Crippen molar-refractivity contribution in [3.8, 4) is 11.4 Å². The molecule has 0 amide bonds. The molecule has 9 heteroatoms. The van der Waals surface area contributed by atoms with Crippen LogP contribution in [0.25, 0.3) is 11.4 Å². The van der Waals surface area contributed by atoms with Crippen molar-refractivity contribution in [3.05, 3.63) is 42.7 Å². The van der Waals surface area contributed by atoms with Crippen molar-refractivity contribution in [2.75, 3.05) is 37.0 Å². The Bertz CT molecular complexity index is 871.